The maximum Gasteiger partial charge on any atom is 0.259 e. The van der Waals surface area contributed by atoms with Crippen LogP contribution in [0.5, 0.6) is 5.88 Å². The number of hydrogen-bond donors (Lipinski definition) is 0. The van der Waals surface area contributed by atoms with Gasteiger partial charge in [0.1, 0.15) is 5.56 Å². The Labute approximate surface area is 159 Å². The number of carbonyl (C=O) groups excluding carboxylic acids is 2. The van der Waals surface area contributed by atoms with E-state index < -0.39 is 0 Å². The van der Waals surface area contributed by atoms with Gasteiger partial charge in [-0.3, -0.25) is 9.59 Å². The highest BCUT2D eigenvalue weighted by Gasteiger charge is 2.27. The van der Waals surface area contributed by atoms with Gasteiger partial charge in [-0.05, 0) is 43.2 Å². The summed E-state index contributed by atoms with van der Waals surface area (Å²) >= 11 is 0. The summed E-state index contributed by atoms with van der Waals surface area (Å²) in [7, 11) is 0. The van der Waals surface area contributed by atoms with Crippen molar-refractivity contribution in [3.63, 3.8) is 0 Å². The summed E-state index contributed by atoms with van der Waals surface area (Å²) in [5, 5.41) is 0. The number of amides is 2. The van der Waals surface area contributed by atoms with Gasteiger partial charge in [-0.15, -0.1) is 0 Å². The Bertz CT molecular complexity index is 797. The molecule has 6 nitrogen and oxygen atoms in total. The molecule has 0 N–H and O–H groups in total. The Morgan fingerprint density at radius 2 is 1.59 bits per heavy atom. The lowest BCUT2D eigenvalue weighted by atomic mass is 10.1. The molecule has 0 atom stereocenters. The molecule has 0 saturated carbocycles. The number of aromatic nitrogens is 1. The predicted molar refractivity (Wildman–Crippen MR) is 103 cm³/mol. The second-order valence-electron chi connectivity index (χ2n) is 6.42. The van der Waals surface area contributed by atoms with Crippen LogP contribution in [0.4, 0.5) is 0 Å². The van der Waals surface area contributed by atoms with Crippen LogP contribution < -0.4 is 4.74 Å². The molecule has 0 aliphatic carbocycles. The molecular weight excluding hydrogens is 342 g/mol. The number of aryl methyl sites for hydroxylation is 1. The lowest BCUT2D eigenvalue weighted by Gasteiger charge is -2.35. The Hall–Kier alpha value is -2.89. The van der Waals surface area contributed by atoms with Gasteiger partial charge in [-0.2, -0.15) is 0 Å². The molecule has 2 heterocycles. The van der Waals surface area contributed by atoms with E-state index >= 15 is 0 Å². The van der Waals surface area contributed by atoms with Gasteiger partial charge in [0.05, 0.1) is 6.61 Å². The summed E-state index contributed by atoms with van der Waals surface area (Å²) in [5.74, 6) is 0.270. The molecule has 2 aromatic rings. The normalized spacial score (nSPS) is 14.1. The number of hydrogen-bond acceptors (Lipinski definition) is 4. The molecule has 1 aliphatic heterocycles. The molecule has 1 aromatic carbocycles. The predicted octanol–water partition coefficient (Wildman–Crippen LogP) is 2.64. The Balaban J connectivity index is 1.63. The molecule has 142 valence electrons. The van der Waals surface area contributed by atoms with Crippen molar-refractivity contribution in [3.8, 4) is 5.88 Å². The summed E-state index contributed by atoms with van der Waals surface area (Å²) in [6.07, 6.45) is 2.57. The highest BCUT2D eigenvalue weighted by Crippen LogP contribution is 2.18. The van der Waals surface area contributed by atoms with E-state index in [0.29, 0.717) is 49.8 Å². The third-order valence-electron chi connectivity index (χ3n) is 4.75. The van der Waals surface area contributed by atoms with Crippen LogP contribution in [0, 0.1) is 0 Å². The van der Waals surface area contributed by atoms with Gasteiger partial charge in [-0.25, -0.2) is 4.98 Å². The zero-order valence-electron chi connectivity index (χ0n) is 15.9. The van der Waals surface area contributed by atoms with Crippen molar-refractivity contribution in [2.24, 2.45) is 0 Å². The number of piperazine rings is 1. The second kappa shape index (κ2) is 8.66. The molecule has 6 heteroatoms. The number of rotatable bonds is 5. The van der Waals surface area contributed by atoms with Crippen LogP contribution in [0.25, 0.3) is 0 Å². The van der Waals surface area contributed by atoms with Crippen LogP contribution in [-0.4, -0.2) is 59.4 Å². The summed E-state index contributed by atoms with van der Waals surface area (Å²) in [6, 6.07) is 11.2. The fourth-order valence-electron chi connectivity index (χ4n) is 3.15. The average molecular weight is 367 g/mol. The molecular formula is C21H25N3O3. The van der Waals surface area contributed by atoms with Crippen LogP contribution in [0.1, 0.15) is 40.1 Å². The fraction of sp³-hybridized carbons (Fsp3) is 0.381. The fourth-order valence-corrected chi connectivity index (χ4v) is 3.15. The highest BCUT2D eigenvalue weighted by molar-refractivity contribution is 5.97. The third-order valence-corrected chi connectivity index (χ3v) is 4.75. The maximum atomic E-state index is 12.8. The SMILES string of the molecule is CCOc1ncccc1C(=O)N1CCN(C(=O)c2ccc(CC)cc2)CC1. The van der Waals surface area contributed by atoms with Crippen molar-refractivity contribution >= 4 is 11.8 Å². The first-order valence-electron chi connectivity index (χ1n) is 9.39. The second-order valence-corrected chi connectivity index (χ2v) is 6.42. The molecule has 27 heavy (non-hydrogen) atoms. The Morgan fingerprint density at radius 1 is 0.963 bits per heavy atom. The molecule has 1 aliphatic rings. The van der Waals surface area contributed by atoms with Gasteiger partial charge in [0.2, 0.25) is 5.88 Å². The minimum absolute atomic E-state index is 0.0149. The van der Waals surface area contributed by atoms with E-state index in [0.717, 1.165) is 6.42 Å². The molecule has 1 saturated heterocycles. The van der Waals surface area contributed by atoms with Gasteiger partial charge in [-0.1, -0.05) is 19.1 Å². The Morgan fingerprint density at radius 3 is 2.19 bits per heavy atom. The zero-order valence-corrected chi connectivity index (χ0v) is 15.9. The average Bonchev–Trinajstić information content (AvgIpc) is 2.73. The third kappa shape index (κ3) is 4.27. The number of nitrogens with zero attached hydrogens (tertiary/aromatic N) is 3. The van der Waals surface area contributed by atoms with E-state index in [1.165, 1.54) is 5.56 Å². The van der Waals surface area contributed by atoms with E-state index in [1.807, 2.05) is 31.2 Å². The lowest BCUT2D eigenvalue weighted by molar-refractivity contribution is 0.0532. The van der Waals surface area contributed by atoms with Crippen molar-refractivity contribution in [2.45, 2.75) is 20.3 Å². The standard InChI is InChI=1S/C21H25N3O3/c1-3-16-7-9-17(10-8-16)20(25)23-12-14-24(15-13-23)21(26)18-6-5-11-22-19(18)27-4-2/h5-11H,3-4,12-15H2,1-2H3. The lowest BCUT2D eigenvalue weighted by Crippen LogP contribution is -2.50. The number of pyridine rings is 1. The van der Waals surface area contributed by atoms with Crippen molar-refractivity contribution in [3.05, 3.63) is 59.3 Å². The smallest absolute Gasteiger partial charge is 0.259 e. The van der Waals surface area contributed by atoms with Crippen LogP contribution in [0.2, 0.25) is 0 Å². The van der Waals surface area contributed by atoms with Gasteiger partial charge in [0, 0.05) is 37.9 Å². The first-order valence-corrected chi connectivity index (χ1v) is 9.39. The molecule has 0 bridgehead atoms. The molecule has 2 amide bonds. The van der Waals surface area contributed by atoms with Gasteiger partial charge in [0.15, 0.2) is 0 Å². The van der Waals surface area contributed by atoms with Crippen LogP contribution in [-0.2, 0) is 6.42 Å². The van der Waals surface area contributed by atoms with Crippen LogP contribution >= 0.6 is 0 Å². The topological polar surface area (TPSA) is 62.7 Å². The van der Waals surface area contributed by atoms with Gasteiger partial charge >= 0.3 is 0 Å². The largest absolute Gasteiger partial charge is 0.477 e. The number of benzene rings is 1. The quantitative estimate of drug-likeness (QED) is 0.815. The van der Waals surface area contributed by atoms with E-state index in [2.05, 4.69) is 11.9 Å². The van der Waals surface area contributed by atoms with E-state index in [4.69, 9.17) is 4.74 Å². The van der Waals surface area contributed by atoms with E-state index in [9.17, 15) is 9.59 Å². The van der Waals surface area contributed by atoms with Crippen molar-refractivity contribution < 1.29 is 14.3 Å². The van der Waals surface area contributed by atoms with E-state index in [1.54, 1.807) is 28.1 Å². The van der Waals surface area contributed by atoms with Crippen LogP contribution in [0.3, 0.4) is 0 Å². The summed E-state index contributed by atoms with van der Waals surface area (Å²) in [5.41, 5.74) is 2.37. The number of ether oxygens (including phenoxy) is 1. The van der Waals surface area contributed by atoms with Crippen molar-refractivity contribution in [1.29, 1.82) is 0 Å². The monoisotopic (exact) mass is 367 g/mol. The van der Waals surface area contributed by atoms with Gasteiger partial charge in [0.25, 0.3) is 11.8 Å². The van der Waals surface area contributed by atoms with Crippen LogP contribution in [0.15, 0.2) is 42.6 Å². The molecule has 0 radical (unpaired) electrons. The number of carbonyl (C=O) groups is 2. The first-order chi connectivity index (χ1) is 13.1. The zero-order chi connectivity index (χ0) is 19.2. The van der Waals surface area contributed by atoms with Gasteiger partial charge < -0.3 is 14.5 Å². The Kier molecular flexibility index (Phi) is 6.06. The molecule has 1 aromatic heterocycles. The van der Waals surface area contributed by atoms with Crippen molar-refractivity contribution in [2.75, 3.05) is 32.8 Å². The summed E-state index contributed by atoms with van der Waals surface area (Å²) < 4.78 is 5.46. The minimum Gasteiger partial charge on any atom is -0.477 e. The summed E-state index contributed by atoms with van der Waals surface area (Å²) in [4.78, 5) is 33.2. The molecule has 0 unspecified atom stereocenters. The summed E-state index contributed by atoms with van der Waals surface area (Å²) in [6.45, 7) is 6.44. The minimum atomic E-state index is -0.106. The molecule has 1 fully saturated rings. The maximum absolute atomic E-state index is 12.8. The molecule has 0 spiro atoms. The van der Waals surface area contributed by atoms with E-state index in [-0.39, 0.29) is 11.8 Å². The first kappa shape index (κ1) is 18.9. The van der Waals surface area contributed by atoms with Crippen molar-refractivity contribution in [1.82, 2.24) is 14.8 Å². The molecule has 3 rings (SSSR count). The highest BCUT2D eigenvalue weighted by atomic mass is 16.5.